The van der Waals surface area contributed by atoms with Gasteiger partial charge < -0.3 is 11.1 Å². The molecule has 1 aliphatic carbocycles. The van der Waals surface area contributed by atoms with E-state index in [1.54, 1.807) is 6.20 Å². The Kier molecular flexibility index (Phi) is 4.96. The second-order valence-corrected chi connectivity index (χ2v) is 5.35. The van der Waals surface area contributed by atoms with E-state index >= 15 is 0 Å². The van der Waals surface area contributed by atoms with E-state index in [2.05, 4.69) is 10.4 Å². The number of amides is 1. The molecule has 0 aromatic carbocycles. The SMILES string of the molecule is Cc1c(C(=O)NCCCC2CC2)cnn1CCCN. The summed E-state index contributed by atoms with van der Waals surface area (Å²) < 4.78 is 1.85. The van der Waals surface area contributed by atoms with Crippen molar-refractivity contribution in [1.82, 2.24) is 15.1 Å². The molecule has 5 nitrogen and oxygen atoms in total. The second-order valence-electron chi connectivity index (χ2n) is 5.35. The number of hydrogen-bond acceptors (Lipinski definition) is 3. The first-order chi connectivity index (χ1) is 9.22. The van der Waals surface area contributed by atoms with E-state index in [0.29, 0.717) is 12.1 Å². The molecule has 5 heteroatoms. The van der Waals surface area contributed by atoms with Gasteiger partial charge in [0.2, 0.25) is 0 Å². The minimum atomic E-state index is -0.00713. The summed E-state index contributed by atoms with van der Waals surface area (Å²) in [5, 5.41) is 7.22. The number of nitrogens with two attached hydrogens (primary N) is 1. The number of carbonyl (C=O) groups excluding carboxylic acids is 1. The smallest absolute Gasteiger partial charge is 0.254 e. The molecule has 0 unspecified atom stereocenters. The zero-order chi connectivity index (χ0) is 13.7. The summed E-state index contributed by atoms with van der Waals surface area (Å²) in [5.74, 6) is 0.921. The lowest BCUT2D eigenvalue weighted by molar-refractivity contribution is 0.0952. The van der Waals surface area contributed by atoms with Crippen molar-refractivity contribution in [3.8, 4) is 0 Å². The summed E-state index contributed by atoms with van der Waals surface area (Å²) in [6.45, 7) is 4.12. The zero-order valence-electron chi connectivity index (χ0n) is 11.7. The monoisotopic (exact) mass is 264 g/mol. The minimum absolute atomic E-state index is 0.00713. The molecule has 19 heavy (non-hydrogen) atoms. The quantitative estimate of drug-likeness (QED) is 0.698. The van der Waals surface area contributed by atoms with Crippen LogP contribution >= 0.6 is 0 Å². The summed E-state index contributed by atoms with van der Waals surface area (Å²) in [6, 6.07) is 0. The van der Waals surface area contributed by atoms with Gasteiger partial charge in [-0.1, -0.05) is 12.8 Å². The van der Waals surface area contributed by atoms with Gasteiger partial charge in [0.25, 0.3) is 5.91 Å². The fourth-order valence-electron chi connectivity index (χ4n) is 2.23. The summed E-state index contributed by atoms with van der Waals surface area (Å²) in [4.78, 5) is 12.0. The standard InChI is InChI=1S/C14H24N4O/c1-11-13(10-17-18(11)9-3-7-15)14(19)16-8-2-4-12-5-6-12/h10,12H,2-9,15H2,1H3,(H,16,19). The third kappa shape index (κ3) is 4.06. The zero-order valence-corrected chi connectivity index (χ0v) is 11.7. The fourth-order valence-corrected chi connectivity index (χ4v) is 2.23. The number of carbonyl (C=O) groups is 1. The van der Waals surface area contributed by atoms with Crippen LogP contribution in [0.2, 0.25) is 0 Å². The highest BCUT2D eigenvalue weighted by molar-refractivity contribution is 5.94. The van der Waals surface area contributed by atoms with Crippen LogP contribution in [0.15, 0.2) is 6.20 Å². The Labute approximate surface area is 114 Å². The van der Waals surface area contributed by atoms with E-state index in [4.69, 9.17) is 5.73 Å². The van der Waals surface area contributed by atoms with Crippen molar-refractivity contribution in [2.45, 2.75) is 45.6 Å². The lowest BCUT2D eigenvalue weighted by atomic mass is 10.2. The van der Waals surface area contributed by atoms with Gasteiger partial charge in [0.1, 0.15) is 0 Å². The third-order valence-electron chi connectivity index (χ3n) is 3.69. The molecule has 1 aromatic heterocycles. The molecule has 1 heterocycles. The Morgan fingerprint density at radius 2 is 2.32 bits per heavy atom. The number of rotatable bonds is 8. The van der Waals surface area contributed by atoms with E-state index in [9.17, 15) is 4.79 Å². The van der Waals surface area contributed by atoms with Crippen LogP contribution in [0.5, 0.6) is 0 Å². The van der Waals surface area contributed by atoms with Crippen LogP contribution < -0.4 is 11.1 Å². The van der Waals surface area contributed by atoms with Crippen LogP contribution in [0, 0.1) is 12.8 Å². The lowest BCUT2D eigenvalue weighted by Crippen LogP contribution is -2.25. The molecule has 1 saturated carbocycles. The largest absolute Gasteiger partial charge is 0.352 e. The van der Waals surface area contributed by atoms with Crippen LogP contribution in [0.1, 0.15) is 48.2 Å². The van der Waals surface area contributed by atoms with Gasteiger partial charge in [-0.15, -0.1) is 0 Å². The Balaban J connectivity index is 1.78. The molecule has 3 N–H and O–H groups in total. The highest BCUT2D eigenvalue weighted by Gasteiger charge is 2.20. The number of aryl methyl sites for hydroxylation is 1. The predicted molar refractivity (Wildman–Crippen MR) is 74.9 cm³/mol. The second kappa shape index (κ2) is 6.70. The summed E-state index contributed by atoms with van der Waals surface area (Å²) in [6.07, 6.45) is 7.61. The van der Waals surface area contributed by atoms with Crippen molar-refractivity contribution in [3.63, 3.8) is 0 Å². The Morgan fingerprint density at radius 1 is 1.53 bits per heavy atom. The molecule has 1 amide bonds. The van der Waals surface area contributed by atoms with Crippen LogP contribution in [0.3, 0.4) is 0 Å². The van der Waals surface area contributed by atoms with E-state index in [-0.39, 0.29) is 5.91 Å². The molecule has 0 aliphatic heterocycles. The average Bonchev–Trinajstić information content (AvgIpc) is 3.15. The van der Waals surface area contributed by atoms with E-state index in [1.165, 1.54) is 19.3 Å². The topological polar surface area (TPSA) is 72.9 Å². The van der Waals surface area contributed by atoms with E-state index in [1.807, 2.05) is 11.6 Å². The van der Waals surface area contributed by atoms with Crippen LogP contribution in [0.4, 0.5) is 0 Å². The van der Waals surface area contributed by atoms with Gasteiger partial charge in [0, 0.05) is 18.8 Å². The van der Waals surface area contributed by atoms with E-state index < -0.39 is 0 Å². The fraction of sp³-hybridized carbons (Fsp3) is 0.714. The van der Waals surface area contributed by atoms with Gasteiger partial charge in [-0.2, -0.15) is 5.10 Å². The van der Waals surface area contributed by atoms with Crippen molar-refractivity contribution < 1.29 is 4.79 Å². The Morgan fingerprint density at radius 3 is 3.00 bits per heavy atom. The van der Waals surface area contributed by atoms with Gasteiger partial charge in [-0.05, 0) is 38.6 Å². The highest BCUT2D eigenvalue weighted by Crippen LogP contribution is 2.33. The third-order valence-corrected chi connectivity index (χ3v) is 3.69. The molecule has 0 saturated heterocycles. The summed E-state index contributed by atoms with van der Waals surface area (Å²) in [5.41, 5.74) is 7.09. The maximum atomic E-state index is 12.0. The van der Waals surface area contributed by atoms with Crippen molar-refractivity contribution >= 4 is 5.91 Å². The van der Waals surface area contributed by atoms with Crippen molar-refractivity contribution in [3.05, 3.63) is 17.5 Å². The van der Waals surface area contributed by atoms with Crippen molar-refractivity contribution in [1.29, 1.82) is 0 Å². The number of nitrogens with one attached hydrogen (secondary N) is 1. The maximum Gasteiger partial charge on any atom is 0.254 e. The summed E-state index contributed by atoms with van der Waals surface area (Å²) >= 11 is 0. The first kappa shape index (κ1) is 14.1. The van der Waals surface area contributed by atoms with Crippen LogP contribution in [-0.2, 0) is 6.54 Å². The normalized spacial score (nSPS) is 14.6. The number of hydrogen-bond donors (Lipinski definition) is 2. The highest BCUT2D eigenvalue weighted by atomic mass is 16.1. The molecular formula is C14H24N4O. The van der Waals surface area contributed by atoms with Gasteiger partial charge in [0.05, 0.1) is 11.8 Å². The van der Waals surface area contributed by atoms with Crippen molar-refractivity contribution in [2.24, 2.45) is 11.7 Å². The van der Waals surface area contributed by atoms with Gasteiger partial charge in [-0.25, -0.2) is 0 Å². The number of aromatic nitrogens is 2. The molecule has 0 spiro atoms. The maximum absolute atomic E-state index is 12.0. The Hall–Kier alpha value is -1.36. The first-order valence-corrected chi connectivity index (χ1v) is 7.23. The molecule has 106 valence electrons. The Bertz CT molecular complexity index is 423. The van der Waals surface area contributed by atoms with Gasteiger partial charge in [0.15, 0.2) is 0 Å². The lowest BCUT2D eigenvalue weighted by Gasteiger charge is -2.06. The van der Waals surface area contributed by atoms with Crippen molar-refractivity contribution in [2.75, 3.05) is 13.1 Å². The first-order valence-electron chi connectivity index (χ1n) is 7.23. The predicted octanol–water partition coefficient (Wildman–Crippen LogP) is 1.46. The molecule has 0 atom stereocenters. The molecular weight excluding hydrogens is 240 g/mol. The van der Waals surface area contributed by atoms with Gasteiger partial charge in [-0.3, -0.25) is 9.48 Å². The van der Waals surface area contributed by atoms with Crippen LogP contribution in [-0.4, -0.2) is 28.8 Å². The van der Waals surface area contributed by atoms with E-state index in [0.717, 1.165) is 37.5 Å². The molecule has 0 radical (unpaired) electrons. The molecule has 1 aromatic rings. The molecule has 2 rings (SSSR count). The number of nitrogens with zero attached hydrogens (tertiary/aromatic N) is 2. The average molecular weight is 264 g/mol. The van der Waals surface area contributed by atoms with Gasteiger partial charge >= 0.3 is 0 Å². The molecule has 1 aliphatic rings. The summed E-state index contributed by atoms with van der Waals surface area (Å²) in [7, 11) is 0. The molecule has 1 fully saturated rings. The van der Waals surface area contributed by atoms with Crippen LogP contribution in [0.25, 0.3) is 0 Å². The minimum Gasteiger partial charge on any atom is -0.352 e. The molecule has 0 bridgehead atoms.